The Kier molecular flexibility index (Phi) is 2.88. The second-order valence-electron chi connectivity index (χ2n) is 3.24. The zero-order chi connectivity index (χ0) is 10.5. The molecule has 0 spiro atoms. The first-order valence-electron chi connectivity index (χ1n) is 4.77. The highest BCUT2D eigenvalue weighted by atomic mass is 16.1. The van der Waals surface area contributed by atoms with Crippen molar-refractivity contribution in [3.05, 3.63) is 48.0 Å². The second-order valence-corrected chi connectivity index (χ2v) is 3.24. The van der Waals surface area contributed by atoms with Crippen LogP contribution in [0, 0.1) is 0 Å². The SMILES string of the molecule is O=Cc1nncn1CCc1ccccc1. The molecule has 0 radical (unpaired) electrons. The molecule has 0 atom stereocenters. The number of hydrogen-bond donors (Lipinski definition) is 0. The highest BCUT2D eigenvalue weighted by Gasteiger charge is 2.01. The van der Waals surface area contributed by atoms with E-state index in [1.165, 1.54) is 5.56 Å². The second kappa shape index (κ2) is 4.50. The van der Waals surface area contributed by atoms with E-state index in [-0.39, 0.29) is 0 Å². The van der Waals surface area contributed by atoms with Crippen LogP contribution in [-0.2, 0) is 13.0 Å². The zero-order valence-electron chi connectivity index (χ0n) is 8.21. The van der Waals surface area contributed by atoms with Gasteiger partial charge in [0.05, 0.1) is 0 Å². The van der Waals surface area contributed by atoms with Crippen LogP contribution in [0.25, 0.3) is 0 Å². The normalized spacial score (nSPS) is 10.1. The van der Waals surface area contributed by atoms with Gasteiger partial charge < -0.3 is 4.57 Å². The van der Waals surface area contributed by atoms with Gasteiger partial charge in [0, 0.05) is 6.54 Å². The molecule has 2 aromatic rings. The Hall–Kier alpha value is -1.97. The van der Waals surface area contributed by atoms with Crippen LogP contribution in [0.4, 0.5) is 0 Å². The van der Waals surface area contributed by atoms with Crippen molar-refractivity contribution in [2.24, 2.45) is 0 Å². The molecule has 0 amide bonds. The maximum Gasteiger partial charge on any atom is 0.196 e. The van der Waals surface area contributed by atoms with Gasteiger partial charge in [-0.3, -0.25) is 4.79 Å². The van der Waals surface area contributed by atoms with E-state index in [0.717, 1.165) is 19.3 Å². The molecule has 0 saturated carbocycles. The van der Waals surface area contributed by atoms with Crippen LogP contribution in [0.5, 0.6) is 0 Å². The minimum absolute atomic E-state index is 0.380. The third-order valence-electron chi connectivity index (χ3n) is 2.24. The number of carbonyl (C=O) groups excluding carboxylic acids is 1. The number of nitrogens with zero attached hydrogens (tertiary/aromatic N) is 3. The molecular formula is C11H11N3O. The van der Waals surface area contributed by atoms with Crippen molar-refractivity contribution in [1.29, 1.82) is 0 Å². The summed E-state index contributed by atoms with van der Waals surface area (Å²) in [4.78, 5) is 10.6. The molecule has 1 aromatic carbocycles. The van der Waals surface area contributed by atoms with Gasteiger partial charge in [0.1, 0.15) is 6.33 Å². The summed E-state index contributed by atoms with van der Waals surface area (Å²) in [6.07, 6.45) is 3.17. The minimum atomic E-state index is 0.380. The van der Waals surface area contributed by atoms with E-state index in [1.807, 2.05) is 18.2 Å². The van der Waals surface area contributed by atoms with E-state index in [4.69, 9.17) is 0 Å². The Morgan fingerprint density at radius 1 is 1.27 bits per heavy atom. The van der Waals surface area contributed by atoms with E-state index >= 15 is 0 Å². The Morgan fingerprint density at radius 2 is 2.07 bits per heavy atom. The first-order chi connectivity index (χ1) is 7.40. The van der Waals surface area contributed by atoms with Crippen molar-refractivity contribution >= 4 is 6.29 Å². The van der Waals surface area contributed by atoms with Crippen molar-refractivity contribution in [3.8, 4) is 0 Å². The molecule has 0 aliphatic heterocycles. The number of aldehydes is 1. The molecule has 1 heterocycles. The largest absolute Gasteiger partial charge is 0.311 e. The molecule has 0 N–H and O–H groups in total. The smallest absolute Gasteiger partial charge is 0.196 e. The summed E-state index contributed by atoms with van der Waals surface area (Å²) in [6, 6.07) is 10.1. The van der Waals surface area contributed by atoms with Crippen molar-refractivity contribution in [2.45, 2.75) is 13.0 Å². The van der Waals surface area contributed by atoms with Crippen LogP contribution in [0.15, 0.2) is 36.7 Å². The van der Waals surface area contributed by atoms with Crippen molar-refractivity contribution < 1.29 is 4.79 Å². The summed E-state index contributed by atoms with van der Waals surface area (Å²) in [6.45, 7) is 0.727. The predicted molar refractivity (Wildman–Crippen MR) is 55.6 cm³/mol. The first-order valence-corrected chi connectivity index (χ1v) is 4.77. The molecule has 0 unspecified atom stereocenters. The minimum Gasteiger partial charge on any atom is -0.311 e. The van der Waals surface area contributed by atoms with Gasteiger partial charge >= 0.3 is 0 Å². The van der Waals surface area contributed by atoms with Crippen molar-refractivity contribution in [1.82, 2.24) is 14.8 Å². The molecule has 0 aliphatic carbocycles. The number of rotatable bonds is 4. The first kappa shape index (κ1) is 9.58. The van der Waals surface area contributed by atoms with E-state index < -0.39 is 0 Å². The third kappa shape index (κ3) is 2.28. The van der Waals surface area contributed by atoms with Gasteiger partial charge in [-0.2, -0.15) is 0 Å². The topological polar surface area (TPSA) is 47.8 Å². The summed E-state index contributed by atoms with van der Waals surface area (Å²) in [5, 5.41) is 7.38. The van der Waals surface area contributed by atoms with E-state index in [2.05, 4.69) is 22.3 Å². The maximum absolute atomic E-state index is 10.6. The Balaban J connectivity index is 2.02. The number of aromatic nitrogens is 3. The van der Waals surface area contributed by atoms with Crippen LogP contribution in [0.2, 0.25) is 0 Å². The summed E-state index contributed by atoms with van der Waals surface area (Å²) in [5.74, 6) is 0.380. The number of hydrogen-bond acceptors (Lipinski definition) is 3. The highest BCUT2D eigenvalue weighted by molar-refractivity contribution is 5.68. The molecule has 1 aromatic heterocycles. The quantitative estimate of drug-likeness (QED) is 0.701. The molecule has 0 saturated heterocycles. The standard InChI is InChI=1S/C11H11N3O/c15-8-11-13-12-9-14(11)7-6-10-4-2-1-3-5-10/h1-5,8-9H,6-7H2. The summed E-state index contributed by atoms with van der Waals surface area (Å²) < 4.78 is 1.75. The summed E-state index contributed by atoms with van der Waals surface area (Å²) in [7, 11) is 0. The number of carbonyl (C=O) groups is 1. The average Bonchev–Trinajstić information content (AvgIpc) is 2.75. The van der Waals surface area contributed by atoms with Crippen LogP contribution in [-0.4, -0.2) is 21.1 Å². The Morgan fingerprint density at radius 3 is 2.80 bits per heavy atom. The van der Waals surface area contributed by atoms with Crippen molar-refractivity contribution in [3.63, 3.8) is 0 Å². The molecule has 0 bridgehead atoms. The zero-order valence-corrected chi connectivity index (χ0v) is 8.21. The highest BCUT2D eigenvalue weighted by Crippen LogP contribution is 2.02. The van der Waals surface area contributed by atoms with Crippen LogP contribution < -0.4 is 0 Å². The van der Waals surface area contributed by atoms with Gasteiger partial charge in [-0.15, -0.1) is 10.2 Å². The average molecular weight is 201 g/mol. The van der Waals surface area contributed by atoms with Gasteiger partial charge in [0.25, 0.3) is 0 Å². The van der Waals surface area contributed by atoms with Crippen LogP contribution in [0.3, 0.4) is 0 Å². The molecule has 4 heteroatoms. The lowest BCUT2D eigenvalue weighted by Gasteiger charge is -2.02. The molecular weight excluding hydrogens is 190 g/mol. The monoisotopic (exact) mass is 201 g/mol. The Labute approximate surface area is 87.6 Å². The van der Waals surface area contributed by atoms with Gasteiger partial charge in [-0.25, -0.2) is 0 Å². The lowest BCUT2D eigenvalue weighted by atomic mass is 10.1. The Bertz CT molecular complexity index is 436. The fourth-order valence-corrected chi connectivity index (χ4v) is 1.42. The van der Waals surface area contributed by atoms with E-state index in [1.54, 1.807) is 10.9 Å². The van der Waals surface area contributed by atoms with E-state index in [0.29, 0.717) is 5.82 Å². The molecule has 0 fully saturated rings. The number of aryl methyl sites for hydroxylation is 2. The molecule has 0 aliphatic rings. The molecule has 2 rings (SSSR count). The lowest BCUT2D eigenvalue weighted by Crippen LogP contribution is -2.04. The summed E-state index contributed by atoms with van der Waals surface area (Å²) in [5.41, 5.74) is 1.24. The molecule has 15 heavy (non-hydrogen) atoms. The van der Waals surface area contributed by atoms with Crippen LogP contribution >= 0.6 is 0 Å². The fourth-order valence-electron chi connectivity index (χ4n) is 1.42. The van der Waals surface area contributed by atoms with Gasteiger partial charge in [-0.1, -0.05) is 30.3 Å². The molecule has 76 valence electrons. The fraction of sp³-hybridized carbons (Fsp3) is 0.182. The van der Waals surface area contributed by atoms with E-state index in [9.17, 15) is 4.79 Å². The lowest BCUT2D eigenvalue weighted by molar-refractivity contribution is 0.111. The van der Waals surface area contributed by atoms with Crippen LogP contribution in [0.1, 0.15) is 16.2 Å². The predicted octanol–water partition coefficient (Wildman–Crippen LogP) is 1.33. The summed E-state index contributed by atoms with van der Waals surface area (Å²) >= 11 is 0. The number of benzene rings is 1. The van der Waals surface area contributed by atoms with Gasteiger partial charge in [0.15, 0.2) is 12.1 Å². The van der Waals surface area contributed by atoms with Gasteiger partial charge in [-0.05, 0) is 12.0 Å². The third-order valence-corrected chi connectivity index (χ3v) is 2.24. The van der Waals surface area contributed by atoms with Gasteiger partial charge in [0.2, 0.25) is 0 Å². The maximum atomic E-state index is 10.6. The molecule has 4 nitrogen and oxygen atoms in total. The van der Waals surface area contributed by atoms with Crippen molar-refractivity contribution in [2.75, 3.05) is 0 Å².